The van der Waals surface area contributed by atoms with Crippen molar-refractivity contribution in [2.45, 2.75) is 6.42 Å². The van der Waals surface area contributed by atoms with Crippen LogP contribution in [0.25, 0.3) is 0 Å². The number of halogens is 1. The van der Waals surface area contributed by atoms with Crippen molar-refractivity contribution >= 4 is 17.4 Å². The molecule has 0 aliphatic carbocycles. The molecule has 0 radical (unpaired) electrons. The normalized spacial score (nSPS) is 10.3. The molecular formula is C20H15ClO2. The molecule has 0 unspecified atom stereocenters. The van der Waals surface area contributed by atoms with E-state index >= 15 is 0 Å². The van der Waals surface area contributed by atoms with Gasteiger partial charge in [-0.15, -0.1) is 0 Å². The Morgan fingerprint density at radius 1 is 0.826 bits per heavy atom. The molecule has 0 fully saturated rings. The van der Waals surface area contributed by atoms with Gasteiger partial charge in [-0.1, -0.05) is 60.1 Å². The number of ether oxygens (including phenoxy) is 1. The zero-order valence-corrected chi connectivity index (χ0v) is 13.2. The molecule has 0 amide bonds. The van der Waals surface area contributed by atoms with Gasteiger partial charge in [0.15, 0.2) is 5.78 Å². The number of rotatable bonds is 5. The Balaban J connectivity index is 1.81. The molecule has 0 saturated heterocycles. The van der Waals surface area contributed by atoms with Crippen LogP contribution in [0.3, 0.4) is 0 Å². The molecule has 0 aliphatic rings. The van der Waals surface area contributed by atoms with Gasteiger partial charge in [0.05, 0.1) is 5.02 Å². The fourth-order valence-corrected chi connectivity index (χ4v) is 2.51. The maximum absolute atomic E-state index is 12.5. The number of hydrogen-bond donors (Lipinski definition) is 0. The summed E-state index contributed by atoms with van der Waals surface area (Å²) in [7, 11) is 0. The number of Topliss-reactive ketones (excluding diaryl/α,β-unsaturated/α-hetero) is 1. The van der Waals surface area contributed by atoms with Crippen molar-refractivity contribution in [2.24, 2.45) is 0 Å². The van der Waals surface area contributed by atoms with Gasteiger partial charge in [-0.2, -0.15) is 0 Å². The zero-order chi connectivity index (χ0) is 16.1. The predicted octanol–water partition coefficient (Wildman–Crippen LogP) is 5.56. The highest BCUT2D eigenvalue weighted by Crippen LogP contribution is 2.27. The third kappa shape index (κ3) is 3.99. The molecule has 0 bridgehead atoms. The van der Waals surface area contributed by atoms with E-state index in [1.807, 2.05) is 60.7 Å². The topological polar surface area (TPSA) is 26.3 Å². The van der Waals surface area contributed by atoms with Crippen LogP contribution in [0.4, 0.5) is 0 Å². The maximum atomic E-state index is 12.5. The second kappa shape index (κ2) is 7.12. The van der Waals surface area contributed by atoms with Crippen molar-refractivity contribution < 1.29 is 9.53 Å². The molecule has 0 atom stereocenters. The first-order valence-electron chi connectivity index (χ1n) is 7.32. The molecule has 0 aliphatic heterocycles. The zero-order valence-electron chi connectivity index (χ0n) is 12.4. The summed E-state index contributed by atoms with van der Waals surface area (Å²) in [5.41, 5.74) is 1.44. The smallest absolute Gasteiger partial charge is 0.168 e. The number of carbonyl (C=O) groups excluding carboxylic acids is 1. The second-order valence-corrected chi connectivity index (χ2v) is 5.55. The van der Waals surface area contributed by atoms with Gasteiger partial charge in [0.25, 0.3) is 0 Å². The van der Waals surface area contributed by atoms with Gasteiger partial charge < -0.3 is 4.74 Å². The van der Waals surface area contributed by atoms with Crippen LogP contribution in [0.1, 0.15) is 15.9 Å². The first kappa shape index (κ1) is 15.3. The van der Waals surface area contributed by atoms with Crippen LogP contribution < -0.4 is 4.74 Å². The molecule has 3 rings (SSSR count). The van der Waals surface area contributed by atoms with Crippen LogP contribution in [-0.2, 0) is 6.42 Å². The van der Waals surface area contributed by atoms with Crippen molar-refractivity contribution in [2.75, 3.05) is 0 Å². The molecule has 114 valence electrons. The minimum Gasteiger partial charge on any atom is -0.457 e. The van der Waals surface area contributed by atoms with Crippen LogP contribution in [0, 0.1) is 0 Å². The van der Waals surface area contributed by atoms with Gasteiger partial charge in [0.1, 0.15) is 11.5 Å². The minimum atomic E-state index is -0.0280. The summed E-state index contributed by atoms with van der Waals surface area (Å²) >= 11 is 6.18. The highest BCUT2D eigenvalue weighted by Gasteiger charge is 2.13. The predicted molar refractivity (Wildman–Crippen MR) is 92.4 cm³/mol. The standard InChI is InChI=1S/C20H15ClO2/c21-19-12-11-17(23-16-9-5-2-6-10-16)14-18(19)20(22)13-15-7-3-1-4-8-15/h1-12,14H,13H2. The Hall–Kier alpha value is -2.58. The van der Waals surface area contributed by atoms with Gasteiger partial charge in [-0.3, -0.25) is 4.79 Å². The van der Waals surface area contributed by atoms with E-state index < -0.39 is 0 Å². The summed E-state index contributed by atoms with van der Waals surface area (Å²) in [4.78, 5) is 12.5. The third-order valence-electron chi connectivity index (χ3n) is 3.42. The van der Waals surface area contributed by atoms with Crippen molar-refractivity contribution in [3.63, 3.8) is 0 Å². The van der Waals surface area contributed by atoms with Crippen LogP contribution in [0.5, 0.6) is 11.5 Å². The van der Waals surface area contributed by atoms with Gasteiger partial charge in [0.2, 0.25) is 0 Å². The Kier molecular flexibility index (Phi) is 4.74. The summed E-state index contributed by atoms with van der Waals surface area (Å²) in [5.74, 6) is 1.29. The van der Waals surface area contributed by atoms with Gasteiger partial charge in [-0.25, -0.2) is 0 Å². The molecular weight excluding hydrogens is 308 g/mol. The van der Waals surface area contributed by atoms with Crippen molar-refractivity contribution in [3.8, 4) is 11.5 Å². The first-order valence-corrected chi connectivity index (χ1v) is 7.70. The van der Waals surface area contributed by atoms with Crippen LogP contribution in [0.15, 0.2) is 78.9 Å². The fourth-order valence-electron chi connectivity index (χ4n) is 2.28. The molecule has 0 spiro atoms. The molecule has 0 saturated carbocycles. The molecule has 0 heterocycles. The molecule has 0 aromatic heterocycles. The quantitative estimate of drug-likeness (QED) is 0.575. The number of ketones is 1. The van der Waals surface area contributed by atoms with E-state index in [0.717, 1.165) is 11.3 Å². The van der Waals surface area contributed by atoms with E-state index in [9.17, 15) is 4.79 Å². The fraction of sp³-hybridized carbons (Fsp3) is 0.0500. The van der Waals surface area contributed by atoms with Crippen LogP contribution in [0.2, 0.25) is 5.02 Å². The summed E-state index contributed by atoms with van der Waals surface area (Å²) in [6.07, 6.45) is 0.315. The van der Waals surface area contributed by atoms with Crippen molar-refractivity contribution in [1.29, 1.82) is 0 Å². The van der Waals surface area contributed by atoms with E-state index in [4.69, 9.17) is 16.3 Å². The SMILES string of the molecule is O=C(Cc1ccccc1)c1cc(Oc2ccccc2)ccc1Cl. The largest absolute Gasteiger partial charge is 0.457 e. The maximum Gasteiger partial charge on any atom is 0.168 e. The summed E-state index contributed by atoms with van der Waals surface area (Å²) in [6.45, 7) is 0. The van der Waals surface area contributed by atoms with Crippen molar-refractivity contribution in [1.82, 2.24) is 0 Å². The average molecular weight is 323 g/mol. The summed E-state index contributed by atoms with van der Waals surface area (Å²) < 4.78 is 5.76. The Labute approximate surface area is 140 Å². The van der Waals surface area contributed by atoms with E-state index in [1.165, 1.54) is 0 Å². The van der Waals surface area contributed by atoms with Gasteiger partial charge >= 0.3 is 0 Å². The minimum absolute atomic E-state index is 0.0280. The Morgan fingerprint density at radius 2 is 1.48 bits per heavy atom. The van der Waals surface area contributed by atoms with Gasteiger partial charge in [-0.05, 0) is 35.9 Å². The van der Waals surface area contributed by atoms with Crippen molar-refractivity contribution in [3.05, 3.63) is 95.0 Å². The molecule has 2 nitrogen and oxygen atoms in total. The van der Waals surface area contributed by atoms with E-state index in [1.54, 1.807) is 18.2 Å². The van der Waals surface area contributed by atoms with E-state index in [0.29, 0.717) is 22.8 Å². The number of hydrogen-bond acceptors (Lipinski definition) is 2. The molecule has 3 aromatic carbocycles. The highest BCUT2D eigenvalue weighted by atomic mass is 35.5. The first-order chi connectivity index (χ1) is 11.2. The molecule has 23 heavy (non-hydrogen) atoms. The number of benzene rings is 3. The lowest BCUT2D eigenvalue weighted by Crippen LogP contribution is -2.04. The highest BCUT2D eigenvalue weighted by molar-refractivity contribution is 6.34. The number of para-hydroxylation sites is 1. The summed E-state index contributed by atoms with van der Waals surface area (Å²) in [5, 5.41) is 0.436. The second-order valence-electron chi connectivity index (χ2n) is 5.14. The lowest BCUT2D eigenvalue weighted by molar-refractivity contribution is 0.0993. The Morgan fingerprint density at radius 3 is 2.17 bits per heavy atom. The van der Waals surface area contributed by atoms with Crippen LogP contribution in [-0.4, -0.2) is 5.78 Å². The lowest BCUT2D eigenvalue weighted by atomic mass is 10.0. The third-order valence-corrected chi connectivity index (χ3v) is 3.75. The molecule has 3 heteroatoms. The molecule has 0 N–H and O–H groups in total. The Bertz CT molecular complexity index is 798. The van der Waals surface area contributed by atoms with Gasteiger partial charge in [0, 0.05) is 12.0 Å². The van der Waals surface area contributed by atoms with E-state index in [2.05, 4.69) is 0 Å². The lowest BCUT2D eigenvalue weighted by Gasteiger charge is -2.09. The monoisotopic (exact) mass is 322 g/mol. The van der Waals surface area contributed by atoms with E-state index in [-0.39, 0.29) is 5.78 Å². The summed E-state index contributed by atoms with van der Waals surface area (Å²) in [6, 6.07) is 24.2. The molecule has 3 aromatic rings. The number of carbonyl (C=O) groups is 1. The van der Waals surface area contributed by atoms with Crippen LogP contribution >= 0.6 is 11.6 Å². The average Bonchev–Trinajstić information content (AvgIpc) is 2.58.